The van der Waals surface area contributed by atoms with E-state index >= 15 is 0 Å². The number of rotatable bonds is 10. The van der Waals surface area contributed by atoms with Crippen molar-refractivity contribution in [2.75, 3.05) is 86.9 Å². The molecule has 6 heterocycles. The van der Waals surface area contributed by atoms with Crippen molar-refractivity contribution >= 4 is 68.6 Å². The van der Waals surface area contributed by atoms with Gasteiger partial charge in [-0.05, 0) is 33.1 Å². The van der Waals surface area contributed by atoms with Crippen LogP contribution in [0.3, 0.4) is 0 Å². The van der Waals surface area contributed by atoms with Gasteiger partial charge in [-0.25, -0.2) is 0 Å². The van der Waals surface area contributed by atoms with Crippen LogP contribution in [0.4, 0.5) is 17.5 Å². The first kappa shape index (κ1) is 39.0. The van der Waals surface area contributed by atoms with Crippen molar-refractivity contribution in [2.24, 2.45) is 0 Å². The van der Waals surface area contributed by atoms with Gasteiger partial charge in [-0.3, -0.25) is 24.2 Å². The summed E-state index contributed by atoms with van der Waals surface area (Å²) in [6, 6.07) is 0. The van der Waals surface area contributed by atoms with Gasteiger partial charge >= 0.3 is 0 Å². The van der Waals surface area contributed by atoms with Crippen LogP contribution in [0.2, 0.25) is 5.15 Å². The van der Waals surface area contributed by atoms with E-state index in [2.05, 4.69) is 30.9 Å². The summed E-state index contributed by atoms with van der Waals surface area (Å²) in [4.78, 5) is 68.5. The average molecular weight is 781 g/mol. The Morgan fingerprint density at radius 1 is 0.860 bits per heavy atom. The first-order valence-electron chi connectivity index (χ1n) is 16.9. The number of alkyl halides is 1. The van der Waals surface area contributed by atoms with Crippen LogP contribution in [0, 0.1) is 13.8 Å². The Balaban J connectivity index is 0.000000253. The van der Waals surface area contributed by atoms with E-state index in [1.807, 2.05) is 18.7 Å². The number of ether oxygens (including phenoxy) is 1. The number of nitrogens with two attached hydrogens (primary N) is 1. The maximum Gasteiger partial charge on any atom is 0.246 e. The molecule has 0 saturated carbocycles. The summed E-state index contributed by atoms with van der Waals surface area (Å²) in [5.74, 6) is 1.70. The Hall–Kier alpha value is -3.76. The number of aliphatic hydroxyl groups is 1. The molecule has 3 N–H and O–H groups in total. The summed E-state index contributed by atoms with van der Waals surface area (Å²) in [5, 5.41) is 9.45. The normalized spacial score (nSPS) is 17.2. The molecule has 15 nitrogen and oxygen atoms in total. The number of carbonyl (C=O) groups excluding carboxylic acids is 4. The second-order valence-electron chi connectivity index (χ2n) is 12.4. The SMILES string of the molecule is COc1c(C)cnc(CN2CC(=O)N(CCN3CCCC3=O)c3c(Cl)nc(N)nc32)c1C.O=C1CCCN1CCBr.O=C1CCCN1CCO. The first-order valence-corrected chi connectivity index (χ1v) is 18.4. The van der Waals surface area contributed by atoms with Gasteiger partial charge < -0.3 is 40.1 Å². The zero-order chi connectivity index (χ0) is 36.4. The van der Waals surface area contributed by atoms with Crippen molar-refractivity contribution in [3.8, 4) is 5.75 Å². The summed E-state index contributed by atoms with van der Waals surface area (Å²) >= 11 is 9.72. The molecule has 0 spiro atoms. The van der Waals surface area contributed by atoms with Crippen molar-refractivity contribution in [3.05, 3.63) is 28.2 Å². The zero-order valence-corrected chi connectivity index (χ0v) is 31.3. The lowest BCUT2D eigenvalue weighted by Crippen LogP contribution is -2.49. The van der Waals surface area contributed by atoms with Crippen molar-refractivity contribution in [1.29, 1.82) is 0 Å². The lowest BCUT2D eigenvalue weighted by Gasteiger charge is -2.37. The number of anilines is 3. The number of aromatic nitrogens is 3. The number of amides is 4. The fraction of sp³-hybridized carbons (Fsp3) is 0.606. The van der Waals surface area contributed by atoms with Crippen molar-refractivity contribution in [2.45, 2.75) is 58.9 Å². The number of nitrogen functional groups attached to an aromatic ring is 1. The first-order chi connectivity index (χ1) is 24.0. The fourth-order valence-corrected chi connectivity index (χ4v) is 7.08. The molecule has 3 saturated heterocycles. The van der Waals surface area contributed by atoms with Gasteiger partial charge in [0.1, 0.15) is 11.4 Å². The van der Waals surface area contributed by atoms with E-state index in [0.717, 1.165) is 73.2 Å². The quantitative estimate of drug-likeness (QED) is 0.267. The van der Waals surface area contributed by atoms with Crippen LogP contribution < -0.4 is 20.3 Å². The van der Waals surface area contributed by atoms with E-state index < -0.39 is 0 Å². The van der Waals surface area contributed by atoms with Gasteiger partial charge in [0, 0.05) is 87.7 Å². The number of carbonyl (C=O) groups is 4. The van der Waals surface area contributed by atoms with Gasteiger partial charge in [0.25, 0.3) is 0 Å². The van der Waals surface area contributed by atoms with Gasteiger partial charge in [-0.15, -0.1) is 0 Å². The third kappa shape index (κ3) is 9.72. The topological polar surface area (TPSA) is 179 Å². The molecule has 50 heavy (non-hydrogen) atoms. The maximum atomic E-state index is 13.1. The number of methoxy groups -OCH3 is 1. The molecule has 0 unspecified atom stereocenters. The summed E-state index contributed by atoms with van der Waals surface area (Å²) in [5.41, 5.74) is 8.87. The predicted octanol–water partition coefficient (Wildman–Crippen LogP) is 2.31. The molecule has 17 heteroatoms. The van der Waals surface area contributed by atoms with Crippen LogP contribution >= 0.6 is 27.5 Å². The number of fused-ring (bicyclic) bond motifs is 1. The number of nitrogens with zero attached hydrogens (tertiary/aromatic N) is 8. The zero-order valence-electron chi connectivity index (χ0n) is 29.0. The van der Waals surface area contributed by atoms with Gasteiger partial charge in [0.05, 0.1) is 32.5 Å². The summed E-state index contributed by atoms with van der Waals surface area (Å²) in [7, 11) is 1.62. The Morgan fingerprint density at radius 3 is 1.96 bits per heavy atom. The van der Waals surface area contributed by atoms with Crippen molar-refractivity contribution < 1.29 is 29.0 Å². The van der Waals surface area contributed by atoms with E-state index in [1.54, 1.807) is 32.9 Å². The molecule has 0 aliphatic carbocycles. The van der Waals surface area contributed by atoms with E-state index in [9.17, 15) is 19.2 Å². The number of hydrogen-bond donors (Lipinski definition) is 2. The molecule has 0 aromatic carbocycles. The standard InChI is InChI=1S/C21H26ClN7O3.C6H10BrNO.C6H11NO2/c1-12-9-24-14(13(2)18(12)32-3)10-28-11-16(31)29(8-7-27-6-4-5-15(27)30)17-19(22)25-21(23)26-20(17)28;7-3-5-8-4-1-2-6(8)9;8-5-4-7-3-1-2-6(7)9/h9H,4-8,10-11H2,1-3H3,(H2,23,25,26);1-5H2;8H,1-5H2. The molecule has 3 fully saturated rings. The predicted molar refractivity (Wildman–Crippen MR) is 193 cm³/mol. The highest BCUT2D eigenvalue weighted by Gasteiger charge is 2.35. The third-order valence-electron chi connectivity index (χ3n) is 8.96. The molecule has 4 aliphatic heterocycles. The van der Waals surface area contributed by atoms with Gasteiger partial charge in [0.15, 0.2) is 11.0 Å². The lowest BCUT2D eigenvalue weighted by atomic mass is 10.1. The number of likely N-dealkylation sites (tertiary alicyclic amines) is 3. The Morgan fingerprint density at radius 2 is 1.44 bits per heavy atom. The minimum atomic E-state index is -0.156. The monoisotopic (exact) mass is 779 g/mol. The highest BCUT2D eigenvalue weighted by molar-refractivity contribution is 9.09. The Kier molecular flexibility index (Phi) is 14.4. The van der Waals surface area contributed by atoms with E-state index in [0.29, 0.717) is 63.0 Å². The highest BCUT2D eigenvalue weighted by Crippen LogP contribution is 2.39. The van der Waals surface area contributed by atoms with Crippen molar-refractivity contribution in [3.63, 3.8) is 0 Å². The summed E-state index contributed by atoms with van der Waals surface area (Å²) in [6.07, 6.45) is 6.56. The second-order valence-corrected chi connectivity index (χ2v) is 13.5. The van der Waals surface area contributed by atoms with E-state index in [4.69, 9.17) is 27.2 Å². The maximum absolute atomic E-state index is 13.1. The number of pyridine rings is 1. The number of halogens is 2. The fourth-order valence-electron chi connectivity index (χ4n) is 6.38. The van der Waals surface area contributed by atoms with Crippen LogP contribution in [0.25, 0.3) is 0 Å². The molecule has 0 atom stereocenters. The number of β-amino-alcohol motifs (C(OH)–C–C–N with tert-alkyl or cyclic N) is 1. The number of aryl methyl sites for hydroxylation is 1. The molecule has 6 rings (SSSR count). The third-order valence-corrected chi connectivity index (χ3v) is 9.58. The van der Waals surface area contributed by atoms with Gasteiger partial charge in [-0.2, -0.15) is 9.97 Å². The van der Waals surface area contributed by atoms with Crippen LogP contribution in [0.1, 0.15) is 55.3 Å². The molecule has 4 amide bonds. The molecule has 2 aromatic heterocycles. The number of hydrogen-bond acceptors (Lipinski definition) is 11. The summed E-state index contributed by atoms with van der Waals surface area (Å²) in [6.45, 7) is 8.98. The van der Waals surface area contributed by atoms with E-state index in [1.165, 1.54) is 0 Å². The van der Waals surface area contributed by atoms with Crippen LogP contribution in [-0.2, 0) is 25.7 Å². The average Bonchev–Trinajstić information content (AvgIpc) is 3.81. The van der Waals surface area contributed by atoms with Crippen LogP contribution in [0.5, 0.6) is 5.75 Å². The van der Waals surface area contributed by atoms with Gasteiger partial charge in [0.2, 0.25) is 29.6 Å². The molecule has 0 bridgehead atoms. The smallest absolute Gasteiger partial charge is 0.246 e. The molecule has 0 radical (unpaired) electrons. The molecular weight excluding hydrogens is 734 g/mol. The molecule has 4 aliphatic rings. The Labute approximate surface area is 306 Å². The minimum Gasteiger partial charge on any atom is -0.496 e. The molecule has 274 valence electrons. The van der Waals surface area contributed by atoms with Crippen LogP contribution in [0.15, 0.2) is 6.20 Å². The van der Waals surface area contributed by atoms with Crippen LogP contribution in [-0.4, -0.2) is 130 Å². The second kappa shape index (κ2) is 18.5. The lowest BCUT2D eigenvalue weighted by molar-refractivity contribution is -0.128. The minimum absolute atomic E-state index is 0.0222. The molecule has 2 aromatic rings. The molecular formula is C33H47BrClN9O6. The number of aliphatic hydroxyl groups excluding tert-OH is 1. The highest BCUT2D eigenvalue weighted by atomic mass is 79.9. The van der Waals surface area contributed by atoms with E-state index in [-0.39, 0.29) is 42.0 Å². The Bertz CT molecular complexity index is 1520. The summed E-state index contributed by atoms with van der Waals surface area (Å²) < 4.78 is 5.51. The largest absolute Gasteiger partial charge is 0.496 e. The van der Waals surface area contributed by atoms with Gasteiger partial charge in [-0.1, -0.05) is 27.5 Å². The van der Waals surface area contributed by atoms with Crippen molar-refractivity contribution in [1.82, 2.24) is 29.7 Å².